The first kappa shape index (κ1) is 70.1. The van der Waals surface area contributed by atoms with E-state index in [4.69, 9.17) is 21.5 Å². The Hall–Kier alpha value is -0.362. The lowest BCUT2D eigenvalue weighted by Gasteiger charge is -2.34. The molecule has 0 aliphatic rings. The fraction of sp³-hybridized carbons (Fsp3) is 0.917. The van der Waals surface area contributed by atoms with Gasteiger partial charge in [0.1, 0.15) is 6.61 Å². The second-order valence-electron chi connectivity index (χ2n) is 9.56. The quantitative estimate of drug-likeness (QED) is 0.0860. The van der Waals surface area contributed by atoms with Crippen LogP contribution in [0.2, 0.25) is 58.9 Å². The number of hydrogen-bond acceptors (Lipinski definition) is 5. The maximum Gasteiger partial charge on any atom is 0.450 e. The van der Waals surface area contributed by atoms with E-state index in [0.717, 1.165) is 6.08 Å². The molecule has 5 nitrogen and oxygen atoms in total. The van der Waals surface area contributed by atoms with E-state index in [9.17, 15) is 39.5 Å². The number of alkyl halides is 9. The molecule has 282 valence electrons. The summed E-state index contributed by atoms with van der Waals surface area (Å²) >= 11 is 0. The van der Waals surface area contributed by atoms with Crippen molar-refractivity contribution in [2.45, 2.75) is 122 Å². The van der Waals surface area contributed by atoms with Crippen LogP contribution in [0.3, 0.4) is 0 Å². The van der Waals surface area contributed by atoms with Crippen molar-refractivity contribution in [3.63, 3.8) is 0 Å². The molecule has 0 rings (SSSR count). The first-order valence-corrected chi connectivity index (χ1v) is 22.4. The van der Waals surface area contributed by atoms with Gasteiger partial charge in [-0.05, 0) is 58.9 Å². The van der Waals surface area contributed by atoms with Gasteiger partial charge in [-0.3, -0.25) is 0 Å². The second-order valence-corrected chi connectivity index (χ2v) is 24.6. The minimum absolute atomic E-state index is 0. The van der Waals surface area contributed by atoms with E-state index >= 15 is 0 Å². The third-order valence-corrected chi connectivity index (χ3v) is 15.1. The zero-order chi connectivity index (χ0) is 31.6. The van der Waals surface area contributed by atoms with Crippen LogP contribution in [0.4, 0.5) is 48.7 Å². The summed E-state index contributed by atoms with van der Waals surface area (Å²) in [6, 6.07) is 0. The van der Waals surface area contributed by atoms with Crippen LogP contribution in [0.1, 0.15) is 44.6 Å². The van der Waals surface area contributed by atoms with Gasteiger partial charge in [0.05, 0.1) is 6.61 Å². The standard InChI is InChI=1S/C9H28O3Si4.C7H9F5O2.C2H2F4.6CH4.F2/c1-13(10-14(2,3)4)11-16(8,9)12-15(5,6)7;1-2-3-13-4-6(9,14-5-8)7(10,11)12;3-1-2(4,5)6;;;;;;;1-2/h13H,1-9H3;2H,1,3-5H2;1H2;6*1H4;. The Labute approximate surface area is 266 Å². The van der Waals surface area contributed by atoms with Crippen molar-refractivity contribution in [1.82, 2.24) is 0 Å². The van der Waals surface area contributed by atoms with Crippen LogP contribution >= 0.6 is 0 Å². The summed E-state index contributed by atoms with van der Waals surface area (Å²) in [6.45, 7) is 16.9. The van der Waals surface area contributed by atoms with Gasteiger partial charge in [0.25, 0.3) is 9.28 Å². The van der Waals surface area contributed by atoms with Crippen molar-refractivity contribution in [2.75, 3.05) is 26.7 Å². The Morgan fingerprint density at radius 3 is 1.30 bits per heavy atom. The molecule has 2 unspecified atom stereocenters. The highest BCUT2D eigenvalue weighted by atomic mass is 28.5. The Morgan fingerprint density at radius 1 is 0.705 bits per heavy atom. The minimum atomic E-state index is -5.33. The van der Waals surface area contributed by atoms with Crippen molar-refractivity contribution >= 4 is 34.5 Å². The van der Waals surface area contributed by atoms with E-state index in [-0.39, 0.29) is 51.2 Å². The number of rotatable bonds is 12. The molecule has 0 N–H and O–H groups in total. The molecule has 0 fully saturated rings. The summed E-state index contributed by atoms with van der Waals surface area (Å²) < 4.78 is 144. The normalized spacial score (nSPS) is 12.9. The predicted molar refractivity (Wildman–Crippen MR) is 173 cm³/mol. The number of ether oxygens (including phenoxy) is 2. The van der Waals surface area contributed by atoms with Crippen LogP contribution in [0.15, 0.2) is 12.7 Å². The molecule has 0 aliphatic carbocycles. The molecule has 2 atom stereocenters. The fourth-order valence-electron chi connectivity index (χ4n) is 2.25. The smallest absolute Gasteiger partial charge is 0.439 e. The Balaban J connectivity index is -0.0000000478. The van der Waals surface area contributed by atoms with Gasteiger partial charge in [0.15, 0.2) is 30.2 Å². The average Bonchev–Trinajstić information content (AvgIpc) is 2.65. The van der Waals surface area contributed by atoms with Gasteiger partial charge in [-0.25, -0.2) is 8.78 Å². The molecule has 0 heterocycles. The third-order valence-electron chi connectivity index (χ3n) is 2.90. The average molecular weight is 753 g/mol. The molecule has 0 aliphatic heterocycles. The lowest BCUT2D eigenvalue weighted by molar-refractivity contribution is -0.353. The van der Waals surface area contributed by atoms with Crippen LogP contribution in [0, 0.1) is 0 Å². The molecule has 0 bridgehead atoms. The first-order valence-electron chi connectivity index (χ1n) is 10.7. The Bertz CT molecular complexity index is 607. The van der Waals surface area contributed by atoms with Gasteiger partial charge >= 0.3 is 26.8 Å². The highest BCUT2D eigenvalue weighted by Gasteiger charge is 2.58. The van der Waals surface area contributed by atoms with Crippen LogP contribution in [0.5, 0.6) is 0 Å². The highest BCUT2D eigenvalue weighted by molar-refractivity contribution is 6.84. The predicted octanol–water partition coefficient (Wildman–Crippen LogP) is 11.8. The van der Waals surface area contributed by atoms with E-state index in [1.807, 2.05) is 0 Å². The molecular formula is C24H63F11O5Si4. The largest absolute Gasteiger partial charge is 0.450 e. The van der Waals surface area contributed by atoms with E-state index in [1.165, 1.54) is 0 Å². The maximum atomic E-state index is 12.9. The molecule has 0 saturated heterocycles. The van der Waals surface area contributed by atoms with E-state index in [2.05, 4.69) is 75.0 Å². The van der Waals surface area contributed by atoms with E-state index < -0.39 is 72.8 Å². The lowest BCUT2D eigenvalue weighted by atomic mass is 10.3. The molecule has 0 aromatic carbocycles. The van der Waals surface area contributed by atoms with Gasteiger partial charge in [-0.2, -0.15) is 30.7 Å². The summed E-state index contributed by atoms with van der Waals surface area (Å²) in [6.07, 6.45) is -8.83. The molecule has 0 aromatic rings. The summed E-state index contributed by atoms with van der Waals surface area (Å²) in [5, 5.41) is 0. The molecular weight excluding hydrogens is 690 g/mol. The molecule has 0 aromatic heterocycles. The van der Waals surface area contributed by atoms with Gasteiger partial charge in [0.2, 0.25) is 0 Å². The molecule has 0 amide bonds. The van der Waals surface area contributed by atoms with Crippen LogP contribution in [-0.2, 0) is 21.8 Å². The summed E-state index contributed by atoms with van der Waals surface area (Å²) in [4.78, 5) is 0. The number of hydrogen-bond donors (Lipinski definition) is 0. The van der Waals surface area contributed by atoms with Crippen LogP contribution in [-0.4, -0.2) is 79.4 Å². The van der Waals surface area contributed by atoms with Gasteiger partial charge in [-0.15, -0.1) is 6.58 Å². The van der Waals surface area contributed by atoms with E-state index in [0.29, 0.717) is 0 Å². The van der Waals surface area contributed by atoms with Gasteiger partial charge < -0.3 is 21.8 Å². The molecule has 0 saturated carbocycles. The highest BCUT2D eigenvalue weighted by Crippen LogP contribution is 2.35. The maximum absolute atomic E-state index is 12.9. The minimum Gasteiger partial charge on any atom is -0.439 e. The number of halogens is 11. The monoisotopic (exact) mass is 752 g/mol. The zero-order valence-electron chi connectivity index (χ0n) is 22.9. The van der Waals surface area contributed by atoms with Crippen molar-refractivity contribution in [3.05, 3.63) is 12.7 Å². The summed E-state index contributed by atoms with van der Waals surface area (Å²) in [5.74, 6) is -4.11. The lowest BCUT2D eigenvalue weighted by Crippen LogP contribution is -2.49. The van der Waals surface area contributed by atoms with Crippen LogP contribution in [0.25, 0.3) is 0 Å². The van der Waals surface area contributed by atoms with Crippen LogP contribution < -0.4 is 0 Å². The zero-order valence-corrected chi connectivity index (χ0v) is 27.0. The first-order chi connectivity index (χ1) is 16.7. The molecule has 20 heteroatoms. The fourth-order valence-corrected chi connectivity index (χ4v) is 16.6. The molecule has 0 spiro atoms. The van der Waals surface area contributed by atoms with Crippen molar-refractivity contribution < 1.29 is 70.5 Å². The molecule has 0 radical (unpaired) electrons. The van der Waals surface area contributed by atoms with Crippen molar-refractivity contribution in [1.29, 1.82) is 0 Å². The Morgan fingerprint density at radius 2 is 1.07 bits per heavy atom. The second kappa shape index (κ2) is 31.2. The Kier molecular flexibility index (Phi) is 49.8. The molecule has 44 heavy (non-hydrogen) atoms. The van der Waals surface area contributed by atoms with Gasteiger partial charge in [0, 0.05) is 9.15 Å². The van der Waals surface area contributed by atoms with Crippen molar-refractivity contribution in [3.8, 4) is 0 Å². The summed E-state index contributed by atoms with van der Waals surface area (Å²) in [5.41, 5.74) is 0. The van der Waals surface area contributed by atoms with E-state index in [1.54, 1.807) is 0 Å². The SMILES string of the molecule is C.C.C.C.C.C.C=CCOCC(F)(OCF)C(F)(F)F.C[SiH](O[Si](C)(C)C)O[Si](C)(C)O[Si](C)(C)C.FCC(F)(F)F.FF. The topological polar surface area (TPSA) is 46.2 Å². The third kappa shape index (κ3) is 48.5. The van der Waals surface area contributed by atoms with Gasteiger partial charge in [-0.1, -0.05) is 50.6 Å². The summed E-state index contributed by atoms with van der Waals surface area (Å²) in [7, 11) is -6.47. The van der Waals surface area contributed by atoms with Crippen molar-refractivity contribution in [2.24, 2.45) is 0 Å².